The van der Waals surface area contributed by atoms with E-state index in [1.165, 1.54) is 0 Å². The summed E-state index contributed by atoms with van der Waals surface area (Å²) in [5.41, 5.74) is 0. The number of aryl methyl sites for hydroxylation is 1. The lowest BCUT2D eigenvalue weighted by atomic mass is 10.5. The molecule has 0 aliphatic heterocycles. The quantitative estimate of drug-likeness (QED) is 0.667. The standard InChI is InChI=1S/C6H8BrNO/c1-2-6-8-4-5(3-7)9-6/h4H,2-3H2,1H3. The second-order valence-corrected chi connectivity index (χ2v) is 2.27. The third kappa shape index (κ3) is 1.55. The van der Waals surface area contributed by atoms with Gasteiger partial charge in [0.2, 0.25) is 0 Å². The number of hydrogen-bond donors (Lipinski definition) is 0. The maximum atomic E-state index is 5.22. The van der Waals surface area contributed by atoms with E-state index < -0.39 is 0 Å². The van der Waals surface area contributed by atoms with Crippen molar-refractivity contribution in [3.8, 4) is 0 Å². The molecular weight excluding hydrogens is 182 g/mol. The fraction of sp³-hybridized carbons (Fsp3) is 0.500. The Kier molecular flexibility index (Phi) is 2.28. The number of rotatable bonds is 2. The first-order valence-corrected chi connectivity index (χ1v) is 3.98. The van der Waals surface area contributed by atoms with E-state index in [-0.39, 0.29) is 0 Å². The van der Waals surface area contributed by atoms with Crippen molar-refractivity contribution in [1.82, 2.24) is 4.98 Å². The molecule has 3 heteroatoms. The summed E-state index contributed by atoms with van der Waals surface area (Å²) >= 11 is 3.27. The monoisotopic (exact) mass is 189 g/mol. The summed E-state index contributed by atoms with van der Waals surface area (Å²) in [4.78, 5) is 4.01. The van der Waals surface area contributed by atoms with E-state index >= 15 is 0 Å². The van der Waals surface area contributed by atoms with E-state index in [9.17, 15) is 0 Å². The van der Waals surface area contributed by atoms with Crippen molar-refractivity contribution in [3.63, 3.8) is 0 Å². The maximum absolute atomic E-state index is 5.22. The van der Waals surface area contributed by atoms with Crippen LogP contribution in [0.5, 0.6) is 0 Å². The van der Waals surface area contributed by atoms with Gasteiger partial charge in [-0.25, -0.2) is 4.98 Å². The predicted molar refractivity (Wildman–Crippen MR) is 38.5 cm³/mol. The lowest BCUT2D eigenvalue weighted by molar-refractivity contribution is 0.475. The molecule has 1 rings (SSSR count). The molecule has 0 aliphatic carbocycles. The maximum Gasteiger partial charge on any atom is 0.194 e. The second-order valence-electron chi connectivity index (χ2n) is 1.71. The molecule has 0 spiro atoms. The molecule has 0 radical (unpaired) electrons. The molecule has 0 saturated heterocycles. The van der Waals surface area contributed by atoms with Gasteiger partial charge in [0.15, 0.2) is 5.89 Å². The van der Waals surface area contributed by atoms with Gasteiger partial charge in [0.1, 0.15) is 5.76 Å². The summed E-state index contributed by atoms with van der Waals surface area (Å²) in [6.45, 7) is 2.02. The number of nitrogens with zero attached hydrogens (tertiary/aromatic N) is 1. The zero-order chi connectivity index (χ0) is 6.69. The van der Waals surface area contributed by atoms with Crippen LogP contribution >= 0.6 is 15.9 Å². The molecule has 0 unspecified atom stereocenters. The fourth-order valence-electron chi connectivity index (χ4n) is 0.573. The van der Waals surface area contributed by atoms with Crippen LogP contribution in [0.25, 0.3) is 0 Å². The van der Waals surface area contributed by atoms with Crippen molar-refractivity contribution in [2.24, 2.45) is 0 Å². The Morgan fingerprint density at radius 3 is 2.89 bits per heavy atom. The van der Waals surface area contributed by atoms with E-state index in [0.29, 0.717) is 0 Å². The lowest BCUT2D eigenvalue weighted by Crippen LogP contribution is -1.74. The Bertz CT molecular complexity index is 166. The molecular formula is C6H8BrNO. The van der Waals surface area contributed by atoms with E-state index in [1.54, 1.807) is 6.20 Å². The van der Waals surface area contributed by atoms with Gasteiger partial charge >= 0.3 is 0 Å². The molecule has 1 heterocycles. The Morgan fingerprint density at radius 1 is 1.78 bits per heavy atom. The number of halogens is 1. The Labute approximate surface area is 62.4 Å². The topological polar surface area (TPSA) is 26.0 Å². The van der Waals surface area contributed by atoms with Gasteiger partial charge in [0.25, 0.3) is 0 Å². The summed E-state index contributed by atoms with van der Waals surface area (Å²) in [5, 5.41) is 0.750. The van der Waals surface area contributed by atoms with Gasteiger partial charge in [-0.2, -0.15) is 0 Å². The van der Waals surface area contributed by atoms with E-state index in [1.807, 2.05) is 6.92 Å². The van der Waals surface area contributed by atoms with Crippen molar-refractivity contribution in [2.75, 3.05) is 0 Å². The highest BCUT2D eigenvalue weighted by Crippen LogP contribution is 2.07. The van der Waals surface area contributed by atoms with Gasteiger partial charge in [0, 0.05) is 6.42 Å². The Morgan fingerprint density at radius 2 is 2.56 bits per heavy atom. The minimum atomic E-state index is 0.750. The number of alkyl halides is 1. The van der Waals surface area contributed by atoms with Crippen molar-refractivity contribution in [2.45, 2.75) is 18.7 Å². The van der Waals surface area contributed by atoms with E-state index in [2.05, 4.69) is 20.9 Å². The van der Waals surface area contributed by atoms with Crippen molar-refractivity contribution in [1.29, 1.82) is 0 Å². The first-order chi connectivity index (χ1) is 4.36. The number of hydrogen-bond acceptors (Lipinski definition) is 2. The van der Waals surface area contributed by atoms with Crippen LogP contribution in [0.1, 0.15) is 18.6 Å². The van der Waals surface area contributed by atoms with Crippen LogP contribution in [-0.4, -0.2) is 4.98 Å². The summed E-state index contributed by atoms with van der Waals surface area (Å²) in [6.07, 6.45) is 2.61. The number of aromatic nitrogens is 1. The summed E-state index contributed by atoms with van der Waals surface area (Å²) in [6, 6.07) is 0. The van der Waals surface area contributed by atoms with Gasteiger partial charge in [0.05, 0.1) is 11.5 Å². The molecule has 0 atom stereocenters. The van der Waals surface area contributed by atoms with Crippen LogP contribution in [0.3, 0.4) is 0 Å². The zero-order valence-corrected chi connectivity index (χ0v) is 6.81. The third-order valence-electron chi connectivity index (χ3n) is 1.04. The molecule has 2 nitrogen and oxygen atoms in total. The van der Waals surface area contributed by atoms with Gasteiger partial charge in [-0.15, -0.1) is 0 Å². The van der Waals surface area contributed by atoms with E-state index in [4.69, 9.17) is 4.42 Å². The highest BCUT2D eigenvalue weighted by Gasteiger charge is 1.97. The fourth-order valence-corrected chi connectivity index (χ4v) is 0.832. The Hall–Kier alpha value is -0.310. The van der Waals surface area contributed by atoms with Crippen LogP contribution in [-0.2, 0) is 11.8 Å². The van der Waals surface area contributed by atoms with E-state index in [0.717, 1.165) is 23.4 Å². The molecule has 0 aromatic carbocycles. The highest BCUT2D eigenvalue weighted by molar-refractivity contribution is 9.08. The average Bonchev–Trinajstić information content (AvgIpc) is 2.34. The molecule has 1 aromatic heterocycles. The smallest absolute Gasteiger partial charge is 0.194 e. The van der Waals surface area contributed by atoms with Gasteiger partial charge < -0.3 is 4.42 Å². The summed E-state index contributed by atoms with van der Waals surface area (Å²) < 4.78 is 5.22. The third-order valence-corrected chi connectivity index (χ3v) is 1.59. The minimum Gasteiger partial charge on any atom is -0.445 e. The van der Waals surface area contributed by atoms with Crippen LogP contribution in [0.15, 0.2) is 10.6 Å². The largest absolute Gasteiger partial charge is 0.445 e. The molecule has 0 fully saturated rings. The SMILES string of the molecule is CCc1ncc(CBr)o1. The van der Waals surface area contributed by atoms with Crippen molar-refractivity contribution < 1.29 is 4.42 Å². The normalized spacial score (nSPS) is 10.0. The molecule has 9 heavy (non-hydrogen) atoms. The highest BCUT2D eigenvalue weighted by atomic mass is 79.9. The van der Waals surface area contributed by atoms with Crippen LogP contribution < -0.4 is 0 Å². The zero-order valence-electron chi connectivity index (χ0n) is 5.22. The molecule has 0 N–H and O–H groups in total. The molecule has 0 amide bonds. The summed E-state index contributed by atoms with van der Waals surface area (Å²) in [5.74, 6) is 1.70. The van der Waals surface area contributed by atoms with Crippen LogP contribution in [0.2, 0.25) is 0 Å². The molecule has 0 saturated carbocycles. The first kappa shape index (κ1) is 6.81. The molecule has 50 valence electrons. The average molecular weight is 190 g/mol. The van der Waals surface area contributed by atoms with Gasteiger partial charge in [-0.3, -0.25) is 0 Å². The Balaban J connectivity index is 2.74. The van der Waals surface area contributed by atoms with Crippen molar-refractivity contribution in [3.05, 3.63) is 17.8 Å². The summed E-state index contributed by atoms with van der Waals surface area (Å²) in [7, 11) is 0. The van der Waals surface area contributed by atoms with Gasteiger partial charge in [-0.05, 0) is 0 Å². The molecule has 0 aliphatic rings. The molecule has 1 aromatic rings. The molecule has 0 bridgehead atoms. The predicted octanol–water partition coefficient (Wildman–Crippen LogP) is 2.13. The van der Waals surface area contributed by atoms with Crippen LogP contribution in [0, 0.1) is 0 Å². The van der Waals surface area contributed by atoms with Crippen molar-refractivity contribution >= 4 is 15.9 Å². The van der Waals surface area contributed by atoms with Crippen LogP contribution in [0.4, 0.5) is 0 Å². The second kappa shape index (κ2) is 3.01. The lowest BCUT2D eigenvalue weighted by Gasteiger charge is -1.83. The first-order valence-electron chi connectivity index (χ1n) is 2.86. The number of oxazole rings is 1. The minimum absolute atomic E-state index is 0.750. The van der Waals surface area contributed by atoms with Gasteiger partial charge in [-0.1, -0.05) is 22.9 Å².